The first-order valence-electron chi connectivity index (χ1n) is 7.02. The van der Waals surface area contributed by atoms with E-state index in [0.717, 1.165) is 36.1 Å². The molecule has 0 aliphatic heterocycles. The smallest absolute Gasteiger partial charge is 0.220 e. The molecular formula is C14H19N5O. The van der Waals surface area contributed by atoms with Crippen LogP contribution in [0.15, 0.2) is 12.1 Å². The van der Waals surface area contributed by atoms with Gasteiger partial charge in [0.15, 0.2) is 5.65 Å². The van der Waals surface area contributed by atoms with Crippen molar-refractivity contribution in [3.8, 4) is 0 Å². The lowest BCUT2D eigenvalue weighted by atomic mass is 10.3. The number of aromatic nitrogens is 3. The van der Waals surface area contributed by atoms with Crippen LogP contribution in [0.3, 0.4) is 0 Å². The molecule has 1 saturated carbocycles. The van der Waals surface area contributed by atoms with Gasteiger partial charge in [0.2, 0.25) is 11.9 Å². The van der Waals surface area contributed by atoms with Gasteiger partial charge in [-0.1, -0.05) is 0 Å². The van der Waals surface area contributed by atoms with Crippen molar-refractivity contribution in [2.45, 2.75) is 45.2 Å². The van der Waals surface area contributed by atoms with Crippen molar-refractivity contribution < 1.29 is 4.79 Å². The SMILES string of the molecule is Cc1ccc2nc(N)n(CCCC(=O)NC3CC3)c2n1. The lowest BCUT2D eigenvalue weighted by molar-refractivity contribution is -0.121. The van der Waals surface area contributed by atoms with Crippen molar-refractivity contribution in [3.63, 3.8) is 0 Å². The van der Waals surface area contributed by atoms with Crippen LogP contribution >= 0.6 is 0 Å². The molecule has 1 aliphatic rings. The number of aryl methyl sites for hydroxylation is 2. The van der Waals surface area contributed by atoms with Gasteiger partial charge in [0.25, 0.3) is 0 Å². The van der Waals surface area contributed by atoms with Crippen LogP contribution in [0, 0.1) is 6.92 Å². The molecule has 3 N–H and O–H groups in total. The van der Waals surface area contributed by atoms with Gasteiger partial charge in [0, 0.05) is 24.7 Å². The van der Waals surface area contributed by atoms with Crippen molar-refractivity contribution in [1.82, 2.24) is 19.9 Å². The number of carbonyl (C=O) groups excluding carboxylic acids is 1. The number of pyridine rings is 1. The first-order chi connectivity index (χ1) is 9.63. The Morgan fingerprint density at radius 2 is 2.25 bits per heavy atom. The highest BCUT2D eigenvalue weighted by molar-refractivity contribution is 5.76. The largest absolute Gasteiger partial charge is 0.369 e. The molecule has 0 radical (unpaired) electrons. The summed E-state index contributed by atoms with van der Waals surface area (Å²) in [4.78, 5) is 20.4. The van der Waals surface area contributed by atoms with Crippen LogP contribution in [0.5, 0.6) is 0 Å². The third-order valence-corrected chi connectivity index (χ3v) is 3.49. The Balaban J connectivity index is 1.65. The van der Waals surface area contributed by atoms with Crippen LogP contribution in [-0.2, 0) is 11.3 Å². The van der Waals surface area contributed by atoms with Gasteiger partial charge in [0.1, 0.15) is 5.52 Å². The van der Waals surface area contributed by atoms with E-state index in [0.29, 0.717) is 25.0 Å². The van der Waals surface area contributed by atoms with Crippen LogP contribution in [0.1, 0.15) is 31.4 Å². The fraction of sp³-hybridized carbons (Fsp3) is 0.500. The molecule has 6 heteroatoms. The molecule has 2 aromatic heterocycles. The zero-order chi connectivity index (χ0) is 14.1. The number of rotatable bonds is 5. The number of hydrogen-bond acceptors (Lipinski definition) is 4. The first kappa shape index (κ1) is 12.9. The lowest BCUT2D eigenvalue weighted by Gasteiger charge is -2.06. The topological polar surface area (TPSA) is 85.8 Å². The molecular weight excluding hydrogens is 254 g/mol. The number of nitrogens with two attached hydrogens (primary N) is 1. The predicted octanol–water partition coefficient (Wildman–Crippen LogP) is 1.38. The minimum absolute atomic E-state index is 0.125. The molecule has 0 unspecified atom stereocenters. The fourth-order valence-corrected chi connectivity index (χ4v) is 2.26. The van der Waals surface area contributed by atoms with E-state index in [9.17, 15) is 4.79 Å². The number of nitrogens with one attached hydrogen (secondary N) is 1. The third kappa shape index (κ3) is 2.74. The van der Waals surface area contributed by atoms with E-state index in [1.54, 1.807) is 0 Å². The van der Waals surface area contributed by atoms with E-state index in [4.69, 9.17) is 5.73 Å². The Morgan fingerprint density at radius 1 is 1.45 bits per heavy atom. The summed E-state index contributed by atoms with van der Waals surface area (Å²) in [6, 6.07) is 4.26. The van der Waals surface area contributed by atoms with Gasteiger partial charge in [-0.3, -0.25) is 9.36 Å². The Labute approximate surface area is 117 Å². The monoisotopic (exact) mass is 273 g/mol. The van der Waals surface area contributed by atoms with Crippen LogP contribution < -0.4 is 11.1 Å². The van der Waals surface area contributed by atoms with Crippen LogP contribution in [0.4, 0.5) is 5.95 Å². The van der Waals surface area contributed by atoms with Crippen molar-refractivity contribution in [2.75, 3.05) is 5.73 Å². The summed E-state index contributed by atoms with van der Waals surface area (Å²) in [7, 11) is 0. The molecule has 3 rings (SSSR count). The second-order valence-corrected chi connectivity index (χ2v) is 5.36. The number of carbonyl (C=O) groups is 1. The minimum atomic E-state index is 0.125. The molecule has 1 amide bonds. The molecule has 1 aliphatic carbocycles. The van der Waals surface area contributed by atoms with Gasteiger partial charge >= 0.3 is 0 Å². The van der Waals surface area contributed by atoms with Gasteiger partial charge in [0.05, 0.1) is 0 Å². The summed E-state index contributed by atoms with van der Waals surface area (Å²) < 4.78 is 1.88. The second-order valence-electron chi connectivity index (χ2n) is 5.36. The van der Waals surface area contributed by atoms with Crippen molar-refractivity contribution >= 4 is 23.0 Å². The fourth-order valence-electron chi connectivity index (χ4n) is 2.26. The number of anilines is 1. The van der Waals surface area contributed by atoms with Crippen LogP contribution in [-0.4, -0.2) is 26.5 Å². The summed E-state index contributed by atoms with van der Waals surface area (Å²) in [5.41, 5.74) is 8.46. The first-order valence-corrected chi connectivity index (χ1v) is 7.02. The van der Waals surface area contributed by atoms with E-state index in [1.165, 1.54) is 0 Å². The van der Waals surface area contributed by atoms with E-state index in [1.807, 2.05) is 23.6 Å². The lowest BCUT2D eigenvalue weighted by Crippen LogP contribution is -2.25. The van der Waals surface area contributed by atoms with Gasteiger partial charge in [-0.2, -0.15) is 0 Å². The van der Waals surface area contributed by atoms with E-state index in [-0.39, 0.29) is 5.91 Å². The number of nitrogens with zero attached hydrogens (tertiary/aromatic N) is 3. The number of hydrogen-bond donors (Lipinski definition) is 2. The molecule has 0 aromatic carbocycles. The van der Waals surface area contributed by atoms with Crippen LogP contribution in [0.2, 0.25) is 0 Å². The van der Waals surface area contributed by atoms with Gasteiger partial charge < -0.3 is 11.1 Å². The summed E-state index contributed by atoms with van der Waals surface area (Å²) in [6.07, 6.45) is 3.49. The Morgan fingerprint density at radius 3 is 3.00 bits per heavy atom. The summed E-state index contributed by atoms with van der Waals surface area (Å²) in [5.74, 6) is 0.584. The molecule has 20 heavy (non-hydrogen) atoms. The zero-order valence-electron chi connectivity index (χ0n) is 11.6. The van der Waals surface area contributed by atoms with Crippen molar-refractivity contribution in [2.24, 2.45) is 0 Å². The van der Waals surface area contributed by atoms with Gasteiger partial charge in [-0.15, -0.1) is 0 Å². The molecule has 0 spiro atoms. The quantitative estimate of drug-likeness (QED) is 0.861. The Bertz CT molecular complexity index is 644. The van der Waals surface area contributed by atoms with Gasteiger partial charge in [-0.05, 0) is 38.3 Å². The molecule has 2 heterocycles. The number of nitrogen functional groups attached to an aromatic ring is 1. The molecule has 1 fully saturated rings. The van der Waals surface area contributed by atoms with E-state index in [2.05, 4.69) is 15.3 Å². The molecule has 0 bridgehead atoms. The highest BCUT2D eigenvalue weighted by Gasteiger charge is 2.22. The summed E-state index contributed by atoms with van der Waals surface area (Å²) in [6.45, 7) is 2.60. The number of fused-ring (bicyclic) bond motifs is 1. The van der Waals surface area contributed by atoms with E-state index < -0.39 is 0 Å². The Hall–Kier alpha value is -2.11. The predicted molar refractivity (Wildman–Crippen MR) is 77.1 cm³/mol. The average Bonchev–Trinajstić information content (AvgIpc) is 3.15. The minimum Gasteiger partial charge on any atom is -0.369 e. The number of imidazole rings is 1. The molecule has 6 nitrogen and oxygen atoms in total. The van der Waals surface area contributed by atoms with Crippen LogP contribution in [0.25, 0.3) is 11.2 Å². The van der Waals surface area contributed by atoms with Crippen molar-refractivity contribution in [3.05, 3.63) is 17.8 Å². The standard InChI is InChI=1S/C14H19N5O/c1-9-4-7-11-13(16-9)19(14(15)18-11)8-2-3-12(20)17-10-5-6-10/h4,7,10H,2-3,5-6,8H2,1H3,(H2,15,18)(H,17,20). The summed E-state index contributed by atoms with van der Waals surface area (Å²) in [5, 5.41) is 2.98. The second kappa shape index (κ2) is 5.11. The molecule has 2 aromatic rings. The van der Waals surface area contributed by atoms with Crippen molar-refractivity contribution in [1.29, 1.82) is 0 Å². The van der Waals surface area contributed by atoms with E-state index >= 15 is 0 Å². The molecule has 0 saturated heterocycles. The maximum Gasteiger partial charge on any atom is 0.220 e. The maximum atomic E-state index is 11.6. The highest BCUT2D eigenvalue weighted by atomic mass is 16.1. The third-order valence-electron chi connectivity index (χ3n) is 3.49. The number of amides is 1. The summed E-state index contributed by atoms with van der Waals surface area (Å²) >= 11 is 0. The normalized spacial score (nSPS) is 14.7. The average molecular weight is 273 g/mol. The zero-order valence-corrected chi connectivity index (χ0v) is 11.6. The Kier molecular flexibility index (Phi) is 3.30. The molecule has 106 valence electrons. The highest BCUT2D eigenvalue weighted by Crippen LogP contribution is 2.19. The maximum absolute atomic E-state index is 11.6. The van der Waals surface area contributed by atoms with Gasteiger partial charge in [-0.25, -0.2) is 9.97 Å². The molecule has 0 atom stereocenters.